The largest absolute Gasteiger partial charge is 0.281 e. The van der Waals surface area contributed by atoms with Gasteiger partial charge in [-0.15, -0.1) is 0 Å². The van der Waals surface area contributed by atoms with Crippen LogP contribution in [0.4, 0.5) is 5.69 Å². The molecule has 3 heteroatoms. The zero-order valence-electron chi connectivity index (χ0n) is 14.5. The van der Waals surface area contributed by atoms with Crippen molar-refractivity contribution in [1.82, 2.24) is 0 Å². The van der Waals surface area contributed by atoms with Gasteiger partial charge in [0.1, 0.15) is 5.71 Å². The second kappa shape index (κ2) is 6.81. The van der Waals surface area contributed by atoms with Crippen molar-refractivity contribution in [2.75, 3.05) is 5.01 Å². The molecule has 1 aliphatic heterocycles. The van der Waals surface area contributed by atoms with Crippen molar-refractivity contribution in [2.24, 2.45) is 5.10 Å². The number of carbonyl (C=O) groups is 1. The lowest BCUT2D eigenvalue weighted by Crippen LogP contribution is -2.21. The quantitative estimate of drug-likeness (QED) is 0.630. The first-order valence-corrected chi connectivity index (χ1v) is 8.55. The highest BCUT2D eigenvalue weighted by atomic mass is 16.2. The fraction of sp³-hybridized carbons (Fsp3) is 0.0435. The van der Waals surface area contributed by atoms with E-state index in [1.54, 1.807) is 0 Å². The number of benzene rings is 3. The Morgan fingerprint density at radius 3 is 2.08 bits per heavy atom. The van der Waals surface area contributed by atoms with Crippen molar-refractivity contribution in [3.63, 3.8) is 0 Å². The standard InChI is InChI=1S/C23H18N2O/c1-17-12-14-18(15-13-17)16-21-22(19-8-4-2-5-9-19)24-25(23(21)26)20-10-6-3-7-11-20/h2-16H,1H3. The molecule has 0 saturated carbocycles. The van der Waals surface area contributed by atoms with Gasteiger partial charge in [0.25, 0.3) is 5.91 Å². The number of aryl methyl sites for hydroxylation is 1. The van der Waals surface area contributed by atoms with Crippen LogP contribution in [-0.4, -0.2) is 11.6 Å². The highest BCUT2D eigenvalue weighted by Gasteiger charge is 2.31. The zero-order chi connectivity index (χ0) is 17.9. The third-order valence-corrected chi connectivity index (χ3v) is 4.31. The van der Waals surface area contributed by atoms with Gasteiger partial charge in [0.05, 0.1) is 11.3 Å². The normalized spacial score (nSPS) is 15.4. The Hall–Kier alpha value is -3.46. The van der Waals surface area contributed by atoms with Crippen LogP contribution in [0.15, 0.2) is 95.6 Å². The van der Waals surface area contributed by atoms with E-state index in [2.05, 4.69) is 5.10 Å². The Bertz CT molecular complexity index is 987. The first-order valence-electron chi connectivity index (χ1n) is 8.55. The molecule has 126 valence electrons. The summed E-state index contributed by atoms with van der Waals surface area (Å²) >= 11 is 0. The van der Waals surface area contributed by atoms with Gasteiger partial charge in [0, 0.05) is 5.56 Å². The molecule has 1 heterocycles. The summed E-state index contributed by atoms with van der Waals surface area (Å²) in [5.41, 5.74) is 5.16. The Kier molecular flexibility index (Phi) is 4.20. The predicted octanol–water partition coefficient (Wildman–Crippen LogP) is 4.83. The molecule has 0 saturated heterocycles. The third kappa shape index (κ3) is 3.07. The number of hydrazone groups is 1. The minimum Gasteiger partial charge on any atom is -0.267 e. The minimum absolute atomic E-state index is 0.115. The van der Waals surface area contributed by atoms with Gasteiger partial charge < -0.3 is 0 Å². The Labute approximate surface area is 152 Å². The van der Waals surface area contributed by atoms with Gasteiger partial charge in [-0.25, -0.2) is 0 Å². The average Bonchev–Trinajstić information content (AvgIpc) is 3.01. The van der Waals surface area contributed by atoms with Gasteiger partial charge in [-0.2, -0.15) is 10.1 Å². The summed E-state index contributed by atoms with van der Waals surface area (Å²) in [6.07, 6.45) is 1.91. The van der Waals surface area contributed by atoms with E-state index in [1.807, 2.05) is 97.9 Å². The smallest absolute Gasteiger partial charge is 0.267 e. The fourth-order valence-electron chi connectivity index (χ4n) is 2.93. The molecule has 0 spiro atoms. The van der Waals surface area contributed by atoms with Crippen LogP contribution in [0.2, 0.25) is 0 Å². The molecule has 1 amide bonds. The summed E-state index contributed by atoms with van der Waals surface area (Å²) in [7, 11) is 0. The van der Waals surface area contributed by atoms with Crippen molar-refractivity contribution in [2.45, 2.75) is 6.92 Å². The Morgan fingerprint density at radius 1 is 0.808 bits per heavy atom. The molecule has 3 aromatic carbocycles. The van der Waals surface area contributed by atoms with Crippen LogP contribution in [0.3, 0.4) is 0 Å². The number of nitrogens with zero attached hydrogens (tertiary/aromatic N) is 2. The van der Waals surface area contributed by atoms with E-state index in [-0.39, 0.29) is 5.91 Å². The zero-order valence-corrected chi connectivity index (χ0v) is 14.5. The second-order valence-electron chi connectivity index (χ2n) is 6.24. The molecule has 26 heavy (non-hydrogen) atoms. The van der Waals surface area contributed by atoms with Crippen molar-refractivity contribution < 1.29 is 4.79 Å². The van der Waals surface area contributed by atoms with Crippen LogP contribution >= 0.6 is 0 Å². The van der Waals surface area contributed by atoms with Gasteiger partial charge in [0.2, 0.25) is 0 Å². The Morgan fingerprint density at radius 2 is 1.42 bits per heavy atom. The van der Waals surface area contributed by atoms with Gasteiger partial charge in [-0.05, 0) is 30.7 Å². The van der Waals surface area contributed by atoms with E-state index in [0.29, 0.717) is 11.3 Å². The number of hydrogen-bond donors (Lipinski definition) is 0. The van der Waals surface area contributed by atoms with Gasteiger partial charge in [-0.1, -0.05) is 78.4 Å². The molecule has 0 aliphatic carbocycles. The maximum Gasteiger partial charge on any atom is 0.281 e. The summed E-state index contributed by atoms with van der Waals surface area (Å²) in [4.78, 5) is 13.1. The summed E-state index contributed by atoms with van der Waals surface area (Å²) in [5.74, 6) is -0.115. The monoisotopic (exact) mass is 338 g/mol. The van der Waals surface area contributed by atoms with E-state index < -0.39 is 0 Å². The molecule has 1 aliphatic rings. The van der Waals surface area contributed by atoms with Crippen LogP contribution in [0.1, 0.15) is 16.7 Å². The first kappa shape index (κ1) is 16.0. The maximum absolute atomic E-state index is 13.1. The molecule has 0 bridgehead atoms. The molecule has 0 fully saturated rings. The molecular formula is C23H18N2O. The minimum atomic E-state index is -0.115. The van der Waals surface area contributed by atoms with Crippen LogP contribution in [-0.2, 0) is 4.79 Å². The lowest BCUT2D eigenvalue weighted by Gasteiger charge is -2.10. The highest BCUT2D eigenvalue weighted by Crippen LogP contribution is 2.27. The average molecular weight is 338 g/mol. The van der Waals surface area contributed by atoms with Crippen LogP contribution in [0, 0.1) is 6.92 Å². The maximum atomic E-state index is 13.1. The molecule has 3 nitrogen and oxygen atoms in total. The molecule has 0 N–H and O–H groups in total. The van der Waals surface area contributed by atoms with E-state index in [1.165, 1.54) is 10.6 Å². The molecule has 3 aromatic rings. The molecule has 0 radical (unpaired) electrons. The highest BCUT2D eigenvalue weighted by molar-refractivity contribution is 6.37. The molecule has 4 rings (SSSR count). The van der Waals surface area contributed by atoms with Crippen molar-refractivity contribution in [3.8, 4) is 0 Å². The van der Waals surface area contributed by atoms with Gasteiger partial charge >= 0.3 is 0 Å². The van der Waals surface area contributed by atoms with E-state index in [9.17, 15) is 4.79 Å². The Balaban J connectivity index is 1.82. The second-order valence-corrected chi connectivity index (χ2v) is 6.24. The van der Waals surface area contributed by atoms with Crippen molar-refractivity contribution in [1.29, 1.82) is 0 Å². The topological polar surface area (TPSA) is 32.7 Å². The first-order chi connectivity index (χ1) is 12.7. The molecule has 0 aromatic heterocycles. The number of carbonyl (C=O) groups excluding carboxylic acids is 1. The molecule has 0 unspecified atom stereocenters. The van der Waals surface area contributed by atoms with Crippen LogP contribution in [0.25, 0.3) is 6.08 Å². The summed E-state index contributed by atoms with van der Waals surface area (Å²) in [6.45, 7) is 2.05. The number of para-hydroxylation sites is 1. The predicted molar refractivity (Wildman–Crippen MR) is 106 cm³/mol. The van der Waals surface area contributed by atoms with Crippen LogP contribution in [0.5, 0.6) is 0 Å². The molecular weight excluding hydrogens is 320 g/mol. The number of anilines is 1. The summed E-state index contributed by atoms with van der Waals surface area (Å²) < 4.78 is 0. The van der Waals surface area contributed by atoms with Crippen molar-refractivity contribution >= 4 is 23.4 Å². The van der Waals surface area contributed by atoms with Gasteiger partial charge in [-0.3, -0.25) is 4.79 Å². The van der Waals surface area contributed by atoms with Gasteiger partial charge in [0.15, 0.2) is 0 Å². The SMILES string of the molecule is Cc1ccc(C=C2C(=O)N(c3ccccc3)N=C2c2ccccc2)cc1. The summed E-state index contributed by atoms with van der Waals surface area (Å²) in [6, 6.07) is 27.4. The van der Waals surface area contributed by atoms with E-state index >= 15 is 0 Å². The number of amides is 1. The van der Waals surface area contributed by atoms with Crippen LogP contribution < -0.4 is 5.01 Å². The lowest BCUT2D eigenvalue weighted by atomic mass is 10.00. The van der Waals surface area contributed by atoms with Crippen molar-refractivity contribution in [3.05, 3.63) is 107 Å². The number of hydrogen-bond acceptors (Lipinski definition) is 2. The van der Waals surface area contributed by atoms with E-state index in [4.69, 9.17) is 0 Å². The lowest BCUT2D eigenvalue weighted by molar-refractivity contribution is -0.114. The third-order valence-electron chi connectivity index (χ3n) is 4.31. The summed E-state index contributed by atoms with van der Waals surface area (Å²) in [5, 5.41) is 6.11. The molecule has 0 atom stereocenters. The number of rotatable bonds is 3. The fourth-order valence-corrected chi connectivity index (χ4v) is 2.93. The van der Waals surface area contributed by atoms with E-state index in [0.717, 1.165) is 16.8 Å².